The van der Waals surface area contributed by atoms with Crippen molar-refractivity contribution < 1.29 is 41.8 Å². The van der Waals surface area contributed by atoms with Gasteiger partial charge < -0.3 is 36.3 Å². The molecule has 0 bridgehead atoms. The Morgan fingerprint density at radius 3 is 2.31 bits per heavy atom. The molecule has 0 saturated carbocycles. The number of alkyl halides is 3. The van der Waals surface area contributed by atoms with Gasteiger partial charge in [0.15, 0.2) is 17.3 Å². The third-order valence-corrected chi connectivity index (χ3v) is 11.2. The Morgan fingerprint density at radius 2 is 1.69 bits per heavy atom. The highest BCUT2D eigenvalue weighted by Gasteiger charge is 2.43. The van der Waals surface area contributed by atoms with Gasteiger partial charge in [-0.2, -0.15) is 18.3 Å². The minimum atomic E-state index is -4.89. The summed E-state index contributed by atoms with van der Waals surface area (Å²) in [6, 6.07) is 5.24. The van der Waals surface area contributed by atoms with Crippen LogP contribution in [-0.2, 0) is 22.2 Å². The number of H-pyrrole nitrogens is 2. The fourth-order valence-electron chi connectivity index (χ4n) is 7.84. The Labute approximate surface area is 333 Å². The Hall–Kier alpha value is -5.60. The third kappa shape index (κ3) is 8.77. The molecule has 3 saturated heterocycles. The second-order valence-electron chi connectivity index (χ2n) is 14.7. The summed E-state index contributed by atoms with van der Waals surface area (Å²) in [6.07, 6.45) is -1.59. The zero-order chi connectivity index (χ0) is 41.3. The number of carboxylic acid groups (broad SMARTS) is 1. The summed E-state index contributed by atoms with van der Waals surface area (Å²) >= 11 is 6.53. The Bertz CT molecular complexity index is 2190. The van der Waals surface area contributed by atoms with Crippen LogP contribution in [0.5, 0.6) is 0 Å². The van der Waals surface area contributed by atoms with Crippen molar-refractivity contribution >= 4 is 46.7 Å². The lowest BCUT2D eigenvalue weighted by atomic mass is 9.73. The van der Waals surface area contributed by atoms with Crippen LogP contribution in [0.2, 0.25) is 5.02 Å². The van der Waals surface area contributed by atoms with Crippen molar-refractivity contribution in [1.29, 1.82) is 0 Å². The van der Waals surface area contributed by atoms with E-state index in [1.807, 2.05) is 9.80 Å². The summed E-state index contributed by atoms with van der Waals surface area (Å²) in [6.45, 7) is 4.07. The highest BCUT2D eigenvalue weighted by Crippen LogP contribution is 2.37. The molecular formula is C37H40ClF4N11O5. The first-order valence-electron chi connectivity index (χ1n) is 18.6. The predicted octanol–water partition coefficient (Wildman–Crippen LogP) is 3.35. The molecule has 3 fully saturated rings. The molecule has 3 aliphatic rings. The minimum Gasteiger partial charge on any atom is -0.480 e. The number of piperazine rings is 1. The van der Waals surface area contributed by atoms with Crippen LogP contribution in [0.15, 0.2) is 36.7 Å². The number of carboxylic acids is 1. The smallest absolute Gasteiger partial charge is 0.435 e. The lowest BCUT2D eigenvalue weighted by Gasteiger charge is -2.45. The van der Waals surface area contributed by atoms with Crippen LogP contribution in [0.3, 0.4) is 0 Å². The number of rotatable bonds is 11. The van der Waals surface area contributed by atoms with Gasteiger partial charge in [0.1, 0.15) is 5.69 Å². The number of imidazole rings is 1. The van der Waals surface area contributed by atoms with E-state index in [-0.39, 0.29) is 75.3 Å². The molecule has 0 spiro atoms. The van der Waals surface area contributed by atoms with E-state index in [1.54, 1.807) is 4.90 Å². The SMILES string of the molecule is Nc1cnc(-c2[nH]nc(C(F)(F)F)c2Cc2cnc(C(=O)Nc3ccc(C(=O)N4CCN(C(=O)C(C5CCN(CC(=O)O)CC5)C5CNC5)CC4)c(Cl)c3)[nH]2)c(F)c1. The number of nitrogens with two attached hydrogens (primary N) is 1. The average molecular weight is 830 g/mol. The molecule has 3 aliphatic heterocycles. The standard InChI is InChI=1S/C37H40ClF4N11O5/c38-26-13-22(48-34(56)33-46-17-23(47-33)12-25-30(49-50-32(25)37(40,41)42)31-27(39)11-21(43)16-45-31)1-2-24(26)35(57)52-7-9-53(10-8-52)36(58)29(20-14-44-15-20)19-3-5-51(6-4-19)18-28(54)55/h1-2,11,13,16-17,19-20,29,44H,3-10,12,14-15,18,43H2,(H,46,47)(H,48,56)(H,49,50)(H,54,55). The third-order valence-electron chi connectivity index (χ3n) is 10.9. The number of carbonyl (C=O) groups is 4. The van der Waals surface area contributed by atoms with Crippen molar-refractivity contribution in [2.45, 2.75) is 25.4 Å². The number of piperidine rings is 1. The van der Waals surface area contributed by atoms with Crippen LogP contribution >= 0.6 is 11.6 Å². The van der Waals surface area contributed by atoms with Crippen molar-refractivity contribution in [2.75, 3.05) is 70.0 Å². The first-order valence-corrected chi connectivity index (χ1v) is 19.0. The molecule has 4 aromatic rings. The normalized spacial score (nSPS) is 17.5. The van der Waals surface area contributed by atoms with Gasteiger partial charge in [0, 0.05) is 67.7 Å². The molecule has 1 atom stereocenters. The number of carbonyl (C=O) groups excluding carboxylic acids is 3. The zero-order valence-corrected chi connectivity index (χ0v) is 31.7. The molecule has 7 rings (SSSR count). The number of amides is 3. The van der Waals surface area contributed by atoms with Crippen LogP contribution in [0, 0.1) is 23.6 Å². The summed E-state index contributed by atoms with van der Waals surface area (Å²) in [5, 5.41) is 20.7. The van der Waals surface area contributed by atoms with Crippen LogP contribution in [0.4, 0.5) is 28.9 Å². The maximum Gasteiger partial charge on any atom is 0.435 e. The quantitative estimate of drug-likeness (QED) is 0.121. The molecule has 16 nitrogen and oxygen atoms in total. The van der Waals surface area contributed by atoms with Gasteiger partial charge in [-0.3, -0.25) is 29.2 Å². The number of nitrogens with one attached hydrogen (secondary N) is 4. The van der Waals surface area contributed by atoms with E-state index in [1.165, 1.54) is 24.4 Å². The second-order valence-corrected chi connectivity index (χ2v) is 15.1. The lowest BCUT2D eigenvalue weighted by molar-refractivity contribution is -0.144. The van der Waals surface area contributed by atoms with Crippen molar-refractivity contribution in [3.63, 3.8) is 0 Å². The van der Waals surface area contributed by atoms with Crippen molar-refractivity contribution in [3.05, 3.63) is 75.8 Å². The zero-order valence-electron chi connectivity index (χ0n) is 30.9. The molecule has 21 heteroatoms. The van der Waals surface area contributed by atoms with E-state index in [0.29, 0.717) is 39.3 Å². The highest BCUT2D eigenvalue weighted by molar-refractivity contribution is 6.34. The summed E-state index contributed by atoms with van der Waals surface area (Å²) < 4.78 is 56.3. The molecule has 3 aromatic heterocycles. The number of nitrogen functional groups attached to an aromatic ring is 1. The van der Waals surface area contributed by atoms with Gasteiger partial charge in [0.25, 0.3) is 11.8 Å². The molecule has 58 heavy (non-hydrogen) atoms. The number of nitrogens with zero attached hydrogens (tertiary/aromatic N) is 6. The average Bonchev–Trinajstić information content (AvgIpc) is 3.81. The topological polar surface area (TPSA) is 219 Å². The summed E-state index contributed by atoms with van der Waals surface area (Å²) in [5.74, 6) is -2.89. The minimum absolute atomic E-state index is 0.00848. The van der Waals surface area contributed by atoms with E-state index in [9.17, 15) is 36.7 Å². The highest BCUT2D eigenvalue weighted by atomic mass is 35.5. The maximum absolute atomic E-state index is 14.7. The van der Waals surface area contributed by atoms with Gasteiger partial charge in [-0.15, -0.1) is 0 Å². The molecule has 0 radical (unpaired) electrons. The fraction of sp³-hybridized carbons (Fsp3) is 0.432. The Kier molecular flexibility index (Phi) is 11.7. The second kappa shape index (κ2) is 16.7. The van der Waals surface area contributed by atoms with Gasteiger partial charge in [0.05, 0.1) is 34.7 Å². The van der Waals surface area contributed by atoms with E-state index < -0.39 is 47.2 Å². The number of likely N-dealkylation sites (tertiary alicyclic amines) is 1. The molecule has 3 amide bonds. The van der Waals surface area contributed by atoms with Crippen molar-refractivity contribution in [3.8, 4) is 11.4 Å². The molecule has 0 aliphatic carbocycles. The monoisotopic (exact) mass is 829 g/mol. The molecule has 7 N–H and O–H groups in total. The van der Waals surface area contributed by atoms with Crippen LogP contribution < -0.4 is 16.4 Å². The number of anilines is 2. The van der Waals surface area contributed by atoms with Crippen LogP contribution in [0.1, 0.15) is 50.8 Å². The maximum atomic E-state index is 14.7. The summed E-state index contributed by atoms with van der Waals surface area (Å²) in [5.41, 5.74) is 3.55. The first kappa shape index (κ1) is 40.6. The Morgan fingerprint density at radius 1 is 0.983 bits per heavy atom. The lowest BCUT2D eigenvalue weighted by Crippen LogP contribution is -2.58. The van der Waals surface area contributed by atoms with Gasteiger partial charge in [-0.05, 0) is 69.1 Å². The largest absolute Gasteiger partial charge is 0.480 e. The predicted molar refractivity (Wildman–Crippen MR) is 201 cm³/mol. The van der Waals surface area contributed by atoms with E-state index >= 15 is 0 Å². The van der Waals surface area contributed by atoms with Gasteiger partial charge in [0.2, 0.25) is 5.91 Å². The Balaban J connectivity index is 0.955. The molecule has 1 unspecified atom stereocenters. The molecule has 6 heterocycles. The number of aliphatic carboxylic acids is 1. The number of hydrogen-bond donors (Lipinski definition) is 6. The van der Waals surface area contributed by atoms with E-state index in [0.717, 1.165) is 38.2 Å². The van der Waals surface area contributed by atoms with Gasteiger partial charge in [-0.25, -0.2) is 14.4 Å². The molecule has 308 valence electrons. The van der Waals surface area contributed by atoms with Crippen molar-refractivity contribution in [2.24, 2.45) is 17.8 Å². The number of hydrogen-bond acceptors (Lipinski definition) is 10. The number of aromatic nitrogens is 5. The first-order chi connectivity index (χ1) is 27.7. The molecule has 1 aromatic carbocycles. The number of pyridine rings is 1. The summed E-state index contributed by atoms with van der Waals surface area (Å²) in [4.78, 5) is 67.5. The van der Waals surface area contributed by atoms with E-state index in [2.05, 4.69) is 35.8 Å². The van der Waals surface area contributed by atoms with Crippen LogP contribution in [-0.4, -0.2) is 128 Å². The number of aromatic amines is 2. The van der Waals surface area contributed by atoms with Crippen LogP contribution in [0.25, 0.3) is 11.4 Å². The van der Waals surface area contributed by atoms with Crippen molar-refractivity contribution in [1.82, 2.24) is 45.2 Å². The fourth-order valence-corrected chi connectivity index (χ4v) is 8.10. The van der Waals surface area contributed by atoms with Gasteiger partial charge in [-0.1, -0.05) is 11.6 Å². The molecular weight excluding hydrogens is 790 g/mol. The number of benzene rings is 1. The van der Waals surface area contributed by atoms with E-state index in [4.69, 9.17) is 22.4 Å². The van der Waals surface area contributed by atoms with Gasteiger partial charge >= 0.3 is 12.1 Å². The summed E-state index contributed by atoms with van der Waals surface area (Å²) in [7, 11) is 0. The number of halogens is 5.